The molecular weight excluding hydrogens is 372 g/mol. The van der Waals surface area contributed by atoms with Crippen molar-refractivity contribution in [3.05, 3.63) is 0 Å². The Morgan fingerprint density at radius 2 is 1.71 bits per heavy atom. The molecule has 1 rings (SSSR count). The zero-order valence-corrected chi connectivity index (χ0v) is 20.9. The van der Waals surface area contributed by atoms with E-state index in [1.807, 2.05) is 0 Å². The van der Waals surface area contributed by atoms with E-state index in [0.29, 0.717) is 13.0 Å². The summed E-state index contributed by atoms with van der Waals surface area (Å²) in [4.78, 5) is 11.7. The minimum absolute atomic E-state index is 0.00510. The molecule has 166 valence electrons. The smallest absolute Gasteiger partial charge is 0.191 e. The lowest BCUT2D eigenvalue weighted by molar-refractivity contribution is -0.203. The van der Waals surface area contributed by atoms with Crippen LogP contribution in [0.4, 0.5) is 0 Å². The Kier molecular flexibility index (Phi) is 8.92. The van der Waals surface area contributed by atoms with Crippen LogP contribution in [0.3, 0.4) is 0 Å². The van der Waals surface area contributed by atoms with Gasteiger partial charge in [0.15, 0.2) is 8.32 Å². The number of ether oxygens (including phenoxy) is 3. The summed E-state index contributed by atoms with van der Waals surface area (Å²) in [5.41, 5.74) is -0.603. The van der Waals surface area contributed by atoms with E-state index < -0.39 is 8.32 Å². The molecule has 0 aromatic heterocycles. The molecule has 6 heteroatoms. The number of carbonyl (C=O) groups excluding carboxylic acids is 1. The predicted molar refractivity (Wildman–Crippen MR) is 116 cm³/mol. The molecule has 0 N–H and O–H groups in total. The van der Waals surface area contributed by atoms with Crippen molar-refractivity contribution in [3.63, 3.8) is 0 Å². The van der Waals surface area contributed by atoms with Crippen LogP contribution in [0.2, 0.25) is 18.1 Å². The largest absolute Gasteiger partial charge is 0.416 e. The molecule has 0 bridgehead atoms. The summed E-state index contributed by atoms with van der Waals surface area (Å²) in [7, 11) is -0.281. The summed E-state index contributed by atoms with van der Waals surface area (Å²) in [6.45, 7) is 20.5. The normalized spacial score (nSPS) is 29.7. The first-order valence-corrected chi connectivity index (χ1v) is 13.4. The molecule has 0 amide bonds. The molecule has 1 fully saturated rings. The van der Waals surface area contributed by atoms with Gasteiger partial charge >= 0.3 is 0 Å². The van der Waals surface area contributed by atoms with Gasteiger partial charge in [-0.3, -0.25) is 0 Å². The monoisotopic (exact) mass is 416 g/mol. The molecule has 1 aliphatic carbocycles. The highest BCUT2D eigenvalue weighted by atomic mass is 28.4. The van der Waals surface area contributed by atoms with E-state index >= 15 is 0 Å². The fraction of sp³-hybridized carbons (Fsp3) is 0.955. The van der Waals surface area contributed by atoms with Crippen LogP contribution in [0.1, 0.15) is 67.7 Å². The van der Waals surface area contributed by atoms with Gasteiger partial charge in [-0.1, -0.05) is 27.7 Å². The molecule has 0 aliphatic heterocycles. The highest BCUT2D eigenvalue weighted by Gasteiger charge is 2.51. The molecule has 5 nitrogen and oxygen atoms in total. The fourth-order valence-corrected chi connectivity index (χ4v) is 4.79. The maximum absolute atomic E-state index is 11.7. The van der Waals surface area contributed by atoms with Gasteiger partial charge < -0.3 is 23.4 Å². The molecule has 28 heavy (non-hydrogen) atoms. The van der Waals surface area contributed by atoms with E-state index in [-0.39, 0.29) is 41.0 Å². The minimum Gasteiger partial charge on any atom is -0.416 e. The lowest BCUT2D eigenvalue weighted by Gasteiger charge is -2.52. The summed E-state index contributed by atoms with van der Waals surface area (Å²) in [6.07, 6.45) is 3.20. The third-order valence-corrected chi connectivity index (χ3v) is 11.1. The van der Waals surface area contributed by atoms with Crippen LogP contribution < -0.4 is 0 Å². The summed E-state index contributed by atoms with van der Waals surface area (Å²) < 4.78 is 24.3. The first-order chi connectivity index (χ1) is 12.7. The SMILES string of the molecule is COCO[C@H]1CC[C@H](OC(C)(C)C)[C@@](C)(CC=O)[C@H]1CO[Si](C)(C)C(C)(C)C. The Hall–Kier alpha value is -0.273. The molecule has 0 saturated heterocycles. The minimum atomic E-state index is -1.92. The molecule has 0 aromatic carbocycles. The quantitative estimate of drug-likeness (QED) is 0.294. The average Bonchev–Trinajstić information content (AvgIpc) is 2.52. The maximum atomic E-state index is 11.7. The summed E-state index contributed by atoms with van der Waals surface area (Å²) in [6, 6.07) is 0. The standard InChI is InChI=1S/C22H44O5Si/c1-20(2,3)27-19-12-11-18(25-16-24-8)17(22(19,7)13-14-23)15-26-28(9,10)21(4,5)6/h14,17-19H,11-13,15-16H2,1-10H3/t17-,18-,19-,22-/m0/s1. The molecule has 0 unspecified atom stereocenters. The summed E-state index contributed by atoms with van der Waals surface area (Å²) in [5, 5.41) is 0.132. The van der Waals surface area contributed by atoms with Crippen molar-refractivity contribution in [2.24, 2.45) is 11.3 Å². The number of methoxy groups -OCH3 is 1. The van der Waals surface area contributed by atoms with Gasteiger partial charge in [0.05, 0.1) is 17.8 Å². The lowest BCUT2D eigenvalue weighted by atomic mass is 9.63. The van der Waals surface area contributed by atoms with Crippen molar-refractivity contribution in [1.82, 2.24) is 0 Å². The van der Waals surface area contributed by atoms with E-state index in [4.69, 9.17) is 18.6 Å². The van der Waals surface area contributed by atoms with E-state index in [0.717, 1.165) is 19.1 Å². The Balaban J connectivity index is 3.17. The number of aldehydes is 1. The van der Waals surface area contributed by atoms with Gasteiger partial charge in [0.1, 0.15) is 13.1 Å². The Morgan fingerprint density at radius 3 is 2.18 bits per heavy atom. The average molecular weight is 417 g/mol. The first kappa shape index (κ1) is 25.8. The second-order valence-electron chi connectivity index (χ2n) is 11.0. The molecule has 0 heterocycles. The van der Waals surface area contributed by atoms with Gasteiger partial charge in [-0.15, -0.1) is 0 Å². The zero-order valence-electron chi connectivity index (χ0n) is 19.9. The number of carbonyl (C=O) groups is 1. The zero-order chi connectivity index (χ0) is 21.8. The van der Waals surface area contributed by atoms with E-state index in [2.05, 4.69) is 61.6 Å². The van der Waals surface area contributed by atoms with Gasteiger partial charge in [0.2, 0.25) is 0 Å². The highest BCUT2D eigenvalue weighted by Crippen LogP contribution is 2.48. The predicted octanol–water partition coefficient (Wildman–Crippen LogP) is 5.19. The van der Waals surface area contributed by atoms with Gasteiger partial charge in [-0.05, 0) is 51.7 Å². The summed E-state index contributed by atoms with van der Waals surface area (Å²) in [5.74, 6) is 0.0723. The topological polar surface area (TPSA) is 54.0 Å². The second kappa shape index (κ2) is 9.69. The maximum Gasteiger partial charge on any atom is 0.191 e. The summed E-state index contributed by atoms with van der Waals surface area (Å²) >= 11 is 0. The molecule has 1 aliphatic rings. The van der Waals surface area contributed by atoms with Crippen LogP contribution >= 0.6 is 0 Å². The third-order valence-electron chi connectivity index (χ3n) is 6.59. The van der Waals surface area contributed by atoms with Crippen molar-refractivity contribution in [2.75, 3.05) is 20.5 Å². The van der Waals surface area contributed by atoms with Crippen molar-refractivity contribution >= 4 is 14.6 Å². The molecular formula is C22H44O5Si. The van der Waals surface area contributed by atoms with E-state index in [9.17, 15) is 4.79 Å². The molecule has 0 spiro atoms. The van der Waals surface area contributed by atoms with Crippen LogP contribution in [-0.4, -0.2) is 52.9 Å². The highest BCUT2D eigenvalue weighted by molar-refractivity contribution is 6.74. The Bertz CT molecular complexity index is 494. The van der Waals surface area contributed by atoms with E-state index in [1.54, 1.807) is 7.11 Å². The van der Waals surface area contributed by atoms with Crippen molar-refractivity contribution in [2.45, 2.75) is 104 Å². The number of rotatable bonds is 9. The fourth-order valence-electron chi connectivity index (χ4n) is 3.76. The van der Waals surface area contributed by atoms with Gasteiger partial charge in [0, 0.05) is 31.5 Å². The van der Waals surface area contributed by atoms with Crippen LogP contribution in [-0.2, 0) is 23.4 Å². The van der Waals surface area contributed by atoms with Crippen LogP contribution in [0, 0.1) is 11.3 Å². The van der Waals surface area contributed by atoms with Crippen LogP contribution in [0.5, 0.6) is 0 Å². The molecule has 4 atom stereocenters. The van der Waals surface area contributed by atoms with Crippen molar-refractivity contribution < 1.29 is 23.4 Å². The number of hydrogen-bond acceptors (Lipinski definition) is 5. The third kappa shape index (κ3) is 6.63. The molecule has 0 aromatic rings. The first-order valence-electron chi connectivity index (χ1n) is 10.5. The van der Waals surface area contributed by atoms with Gasteiger partial charge in [-0.25, -0.2) is 0 Å². The van der Waals surface area contributed by atoms with Crippen LogP contribution in [0.15, 0.2) is 0 Å². The van der Waals surface area contributed by atoms with E-state index in [1.165, 1.54) is 0 Å². The van der Waals surface area contributed by atoms with Gasteiger partial charge in [-0.2, -0.15) is 0 Å². The molecule has 0 radical (unpaired) electrons. The van der Waals surface area contributed by atoms with Gasteiger partial charge in [0.25, 0.3) is 0 Å². The Morgan fingerprint density at radius 1 is 1.11 bits per heavy atom. The van der Waals surface area contributed by atoms with Crippen molar-refractivity contribution in [1.29, 1.82) is 0 Å². The molecule has 1 saturated carbocycles. The second-order valence-corrected chi connectivity index (χ2v) is 15.8. The van der Waals surface area contributed by atoms with Crippen LogP contribution in [0.25, 0.3) is 0 Å². The lowest BCUT2D eigenvalue weighted by Crippen LogP contribution is -2.56. The Labute approximate surface area is 174 Å². The van der Waals surface area contributed by atoms with Crippen molar-refractivity contribution in [3.8, 4) is 0 Å². The number of hydrogen-bond donors (Lipinski definition) is 0.